The van der Waals surface area contributed by atoms with E-state index in [1.807, 2.05) is 22.6 Å². The van der Waals surface area contributed by atoms with Gasteiger partial charge in [0.05, 0.1) is 0 Å². The van der Waals surface area contributed by atoms with Crippen LogP contribution in [0.1, 0.15) is 23.7 Å². The Morgan fingerprint density at radius 3 is 2.44 bits per heavy atom. The maximum absolute atomic E-state index is 11.8. The van der Waals surface area contributed by atoms with Crippen molar-refractivity contribution in [2.45, 2.75) is 13.3 Å². The van der Waals surface area contributed by atoms with E-state index in [9.17, 15) is 14.4 Å². The Morgan fingerprint density at radius 1 is 1.28 bits per heavy atom. The van der Waals surface area contributed by atoms with Crippen molar-refractivity contribution in [3.8, 4) is 0 Å². The number of rotatable bonds is 4. The molecule has 0 fully saturated rings. The highest BCUT2D eigenvalue weighted by Crippen LogP contribution is 2.13. The first-order chi connectivity index (χ1) is 8.41. The molecule has 0 unspecified atom stereocenters. The molecular formula is C13H11IO4. The van der Waals surface area contributed by atoms with Crippen molar-refractivity contribution in [2.24, 2.45) is 0 Å². The van der Waals surface area contributed by atoms with Crippen molar-refractivity contribution < 1.29 is 19.1 Å². The lowest BCUT2D eigenvalue weighted by Gasteiger charge is -2.03. The molecule has 94 valence electrons. The summed E-state index contributed by atoms with van der Waals surface area (Å²) in [6.45, 7) is 4.77. The molecule has 0 amide bonds. The highest BCUT2D eigenvalue weighted by Gasteiger charge is 2.17. The molecule has 0 aliphatic heterocycles. The molecule has 0 N–H and O–H groups in total. The summed E-state index contributed by atoms with van der Waals surface area (Å²) in [5.41, 5.74) is 0.558. The van der Waals surface area contributed by atoms with E-state index in [4.69, 9.17) is 0 Å². The summed E-state index contributed by atoms with van der Waals surface area (Å²) in [6, 6.07) is 6.89. The predicted octanol–water partition coefficient (Wildman–Crippen LogP) is 2.51. The van der Waals surface area contributed by atoms with Crippen LogP contribution >= 0.6 is 22.6 Å². The van der Waals surface area contributed by atoms with Crippen LogP contribution in [0.15, 0.2) is 36.4 Å². The van der Waals surface area contributed by atoms with E-state index in [1.165, 1.54) is 6.92 Å². The zero-order valence-electron chi connectivity index (χ0n) is 9.73. The predicted molar refractivity (Wildman–Crippen MR) is 74.0 cm³/mol. The van der Waals surface area contributed by atoms with Gasteiger partial charge in [0.1, 0.15) is 6.42 Å². The van der Waals surface area contributed by atoms with Gasteiger partial charge in [-0.25, -0.2) is 4.79 Å². The molecule has 1 rings (SSSR count). The van der Waals surface area contributed by atoms with Crippen molar-refractivity contribution in [3.05, 3.63) is 45.6 Å². The molecule has 0 saturated carbocycles. The van der Waals surface area contributed by atoms with Gasteiger partial charge in [-0.1, -0.05) is 24.8 Å². The van der Waals surface area contributed by atoms with Gasteiger partial charge in [-0.05, 0) is 35.6 Å². The molecular weight excluding hydrogens is 347 g/mol. The van der Waals surface area contributed by atoms with Crippen molar-refractivity contribution >= 4 is 40.3 Å². The Morgan fingerprint density at radius 2 is 1.89 bits per heavy atom. The molecule has 5 heteroatoms. The minimum atomic E-state index is -0.868. The second-order valence-corrected chi connectivity index (χ2v) is 4.78. The van der Waals surface area contributed by atoms with E-state index in [2.05, 4.69) is 11.3 Å². The average molecular weight is 358 g/mol. The number of Topliss-reactive ketones (excluding diaryl/α,β-unsaturated/α-hetero) is 1. The molecule has 0 atom stereocenters. The largest absolute Gasteiger partial charge is 0.389 e. The number of carbonyl (C=O) groups excluding carboxylic acids is 3. The normalized spacial score (nSPS) is 9.67. The van der Waals surface area contributed by atoms with Crippen LogP contribution in [-0.2, 0) is 14.3 Å². The summed E-state index contributed by atoms with van der Waals surface area (Å²) >= 11 is 2.00. The van der Waals surface area contributed by atoms with Gasteiger partial charge in [-0.3, -0.25) is 9.59 Å². The maximum Gasteiger partial charge on any atom is 0.340 e. The lowest BCUT2D eigenvalue weighted by molar-refractivity contribution is -0.156. The van der Waals surface area contributed by atoms with Crippen molar-refractivity contribution in [2.75, 3.05) is 0 Å². The van der Waals surface area contributed by atoms with Gasteiger partial charge >= 0.3 is 11.9 Å². The van der Waals surface area contributed by atoms with Crippen LogP contribution in [0.3, 0.4) is 0 Å². The number of carbonyl (C=O) groups is 3. The van der Waals surface area contributed by atoms with Crippen LogP contribution in [0.2, 0.25) is 0 Å². The monoisotopic (exact) mass is 358 g/mol. The lowest BCUT2D eigenvalue weighted by atomic mass is 10.1. The van der Waals surface area contributed by atoms with Gasteiger partial charge in [0.2, 0.25) is 0 Å². The Kier molecular flexibility index (Phi) is 5.21. The smallest absolute Gasteiger partial charge is 0.340 e. The van der Waals surface area contributed by atoms with Gasteiger partial charge < -0.3 is 4.74 Å². The summed E-state index contributed by atoms with van der Waals surface area (Å²) in [5, 5.41) is 0. The highest BCUT2D eigenvalue weighted by atomic mass is 127. The van der Waals surface area contributed by atoms with Gasteiger partial charge in [-0.2, -0.15) is 0 Å². The maximum atomic E-state index is 11.8. The zero-order chi connectivity index (χ0) is 13.7. The third kappa shape index (κ3) is 4.06. The van der Waals surface area contributed by atoms with Crippen LogP contribution in [0.4, 0.5) is 0 Å². The Hall–Kier alpha value is -1.50. The molecule has 1 aromatic rings. The molecule has 0 radical (unpaired) electrons. The molecule has 0 aliphatic carbocycles. The summed E-state index contributed by atoms with van der Waals surface area (Å²) in [7, 11) is 0. The third-order valence-electron chi connectivity index (χ3n) is 2.03. The van der Waals surface area contributed by atoms with Crippen LogP contribution in [0.5, 0.6) is 0 Å². The van der Waals surface area contributed by atoms with Gasteiger partial charge in [-0.15, -0.1) is 0 Å². The van der Waals surface area contributed by atoms with E-state index in [-0.39, 0.29) is 11.4 Å². The minimum Gasteiger partial charge on any atom is -0.389 e. The fraction of sp³-hybridized carbons (Fsp3) is 0.154. The topological polar surface area (TPSA) is 60.4 Å². The van der Waals surface area contributed by atoms with Crippen LogP contribution in [0.25, 0.3) is 0 Å². The van der Waals surface area contributed by atoms with Gasteiger partial charge in [0.25, 0.3) is 0 Å². The molecule has 18 heavy (non-hydrogen) atoms. The van der Waals surface area contributed by atoms with Crippen molar-refractivity contribution in [1.82, 2.24) is 0 Å². The Labute approximate surface area is 118 Å². The number of hydrogen-bond donors (Lipinski definition) is 0. The lowest BCUT2D eigenvalue weighted by Crippen LogP contribution is -2.17. The van der Waals surface area contributed by atoms with E-state index < -0.39 is 18.4 Å². The van der Waals surface area contributed by atoms with Crippen LogP contribution < -0.4 is 0 Å². The molecule has 0 aliphatic rings. The average Bonchev–Trinajstić information content (AvgIpc) is 2.28. The quantitative estimate of drug-likeness (QED) is 0.273. The SMILES string of the molecule is C=C(C)C(=O)OC(=O)CC(=O)c1ccccc1I. The fourth-order valence-electron chi connectivity index (χ4n) is 1.14. The van der Waals surface area contributed by atoms with Gasteiger partial charge in [0.15, 0.2) is 5.78 Å². The molecule has 0 bridgehead atoms. The Balaban J connectivity index is 2.66. The molecule has 4 nitrogen and oxygen atoms in total. The number of ketones is 1. The summed E-state index contributed by atoms with van der Waals surface area (Å²) in [5.74, 6) is -2.05. The summed E-state index contributed by atoms with van der Waals surface area (Å²) in [4.78, 5) is 34.2. The number of hydrogen-bond acceptors (Lipinski definition) is 4. The summed E-state index contributed by atoms with van der Waals surface area (Å²) < 4.78 is 5.19. The third-order valence-corrected chi connectivity index (χ3v) is 2.97. The molecule has 0 heterocycles. The first-order valence-corrected chi connectivity index (χ1v) is 6.18. The second kappa shape index (κ2) is 6.44. The molecule has 0 saturated heterocycles. The number of halogens is 1. The molecule has 0 aromatic heterocycles. The zero-order valence-corrected chi connectivity index (χ0v) is 11.9. The van der Waals surface area contributed by atoms with Gasteiger partial charge in [0, 0.05) is 14.7 Å². The second-order valence-electron chi connectivity index (χ2n) is 3.62. The van der Waals surface area contributed by atoms with E-state index in [1.54, 1.807) is 24.3 Å². The first-order valence-electron chi connectivity index (χ1n) is 5.10. The number of ether oxygens (including phenoxy) is 1. The van der Waals surface area contributed by atoms with E-state index in [0.29, 0.717) is 5.56 Å². The first kappa shape index (κ1) is 14.6. The number of benzene rings is 1. The van der Waals surface area contributed by atoms with Crippen molar-refractivity contribution in [1.29, 1.82) is 0 Å². The van der Waals surface area contributed by atoms with Crippen LogP contribution in [-0.4, -0.2) is 17.7 Å². The number of esters is 2. The minimum absolute atomic E-state index is 0.116. The van der Waals surface area contributed by atoms with E-state index in [0.717, 1.165) is 3.57 Å². The van der Waals surface area contributed by atoms with Crippen molar-refractivity contribution in [3.63, 3.8) is 0 Å². The molecule has 0 spiro atoms. The summed E-state index contributed by atoms with van der Waals surface area (Å²) in [6.07, 6.45) is -0.459. The molecule has 1 aromatic carbocycles. The van der Waals surface area contributed by atoms with Crippen LogP contribution in [0, 0.1) is 3.57 Å². The van der Waals surface area contributed by atoms with E-state index >= 15 is 0 Å². The fourth-order valence-corrected chi connectivity index (χ4v) is 1.83. The standard InChI is InChI=1S/C13H11IO4/c1-8(2)13(17)18-12(16)7-11(15)9-5-3-4-6-10(9)14/h3-6H,1,7H2,2H3. The Bertz CT molecular complexity index is 519. The highest BCUT2D eigenvalue weighted by molar-refractivity contribution is 14.1.